The standard InChI is InChI=1S/C24H22N4OS3/c1-14-8-9-17(12-15(14)2)21-20(23-26-22(27-29-23)19-7-5-11-32-19)16(3)28(24(30)25-21)13-18-6-4-10-31-18/h4-12,21H,13H2,1-3H3,(H,25,30). The first-order valence-electron chi connectivity index (χ1n) is 10.3. The highest BCUT2D eigenvalue weighted by Crippen LogP contribution is 2.38. The number of allylic oxidation sites excluding steroid dienone is 1. The molecule has 1 unspecified atom stereocenters. The number of aromatic nitrogens is 2. The molecule has 5 nitrogen and oxygen atoms in total. The van der Waals surface area contributed by atoms with Crippen LogP contribution in [-0.4, -0.2) is 20.2 Å². The summed E-state index contributed by atoms with van der Waals surface area (Å²) in [4.78, 5) is 9.10. The topological polar surface area (TPSA) is 54.2 Å². The summed E-state index contributed by atoms with van der Waals surface area (Å²) < 4.78 is 5.80. The molecule has 8 heteroatoms. The van der Waals surface area contributed by atoms with Crippen molar-refractivity contribution in [3.8, 4) is 10.7 Å². The van der Waals surface area contributed by atoms with Gasteiger partial charge in [0.05, 0.1) is 23.0 Å². The van der Waals surface area contributed by atoms with E-state index in [1.165, 1.54) is 16.0 Å². The molecule has 0 fully saturated rings. The number of rotatable bonds is 5. The quantitative estimate of drug-likeness (QED) is 0.338. The van der Waals surface area contributed by atoms with Crippen molar-refractivity contribution in [1.29, 1.82) is 0 Å². The molecule has 1 atom stereocenters. The maximum Gasteiger partial charge on any atom is 0.258 e. The molecule has 0 saturated heterocycles. The maximum atomic E-state index is 5.81. The first kappa shape index (κ1) is 21.1. The molecule has 0 aliphatic carbocycles. The molecule has 0 radical (unpaired) electrons. The van der Waals surface area contributed by atoms with Crippen LogP contribution in [0.5, 0.6) is 0 Å². The van der Waals surface area contributed by atoms with Crippen LogP contribution in [-0.2, 0) is 6.54 Å². The molecule has 4 aromatic rings. The van der Waals surface area contributed by atoms with Crippen molar-refractivity contribution >= 4 is 45.6 Å². The molecule has 5 rings (SSSR count). The number of nitrogens with zero attached hydrogens (tertiary/aromatic N) is 3. The smallest absolute Gasteiger partial charge is 0.258 e. The molecule has 3 aromatic heterocycles. The minimum absolute atomic E-state index is 0.168. The molecule has 4 heterocycles. The fourth-order valence-electron chi connectivity index (χ4n) is 3.84. The van der Waals surface area contributed by atoms with Gasteiger partial charge in [0.2, 0.25) is 5.82 Å². The summed E-state index contributed by atoms with van der Waals surface area (Å²) in [5, 5.41) is 12.6. The first-order valence-corrected chi connectivity index (χ1v) is 12.4. The third kappa shape index (κ3) is 3.90. The maximum absolute atomic E-state index is 5.81. The number of hydrogen-bond acceptors (Lipinski definition) is 6. The highest BCUT2D eigenvalue weighted by Gasteiger charge is 2.34. The van der Waals surface area contributed by atoms with Gasteiger partial charge in [-0.3, -0.25) is 0 Å². The summed E-state index contributed by atoms with van der Waals surface area (Å²) in [6.07, 6.45) is 0. The van der Waals surface area contributed by atoms with E-state index in [9.17, 15) is 0 Å². The van der Waals surface area contributed by atoms with Gasteiger partial charge in [0.15, 0.2) is 5.11 Å². The minimum Gasteiger partial charge on any atom is -0.351 e. The molecular weight excluding hydrogens is 456 g/mol. The van der Waals surface area contributed by atoms with Gasteiger partial charge in [-0.05, 0) is 72.6 Å². The molecule has 0 spiro atoms. The number of thiocarbonyl (C=S) groups is 1. The molecule has 1 N–H and O–H groups in total. The second-order valence-corrected chi connectivity index (χ2v) is 10.2. The Morgan fingerprint density at radius 3 is 2.59 bits per heavy atom. The van der Waals surface area contributed by atoms with Crippen LogP contribution in [0.2, 0.25) is 0 Å². The molecule has 0 saturated carbocycles. The van der Waals surface area contributed by atoms with Crippen LogP contribution in [0, 0.1) is 13.8 Å². The van der Waals surface area contributed by atoms with Gasteiger partial charge < -0.3 is 14.7 Å². The Balaban J connectivity index is 1.62. The van der Waals surface area contributed by atoms with E-state index in [1.54, 1.807) is 22.7 Å². The van der Waals surface area contributed by atoms with E-state index in [-0.39, 0.29) is 6.04 Å². The van der Waals surface area contributed by atoms with Gasteiger partial charge in [0.25, 0.3) is 5.89 Å². The zero-order chi connectivity index (χ0) is 22.2. The first-order chi connectivity index (χ1) is 15.5. The summed E-state index contributed by atoms with van der Waals surface area (Å²) in [7, 11) is 0. The van der Waals surface area contributed by atoms with E-state index >= 15 is 0 Å². The van der Waals surface area contributed by atoms with Crippen molar-refractivity contribution in [2.24, 2.45) is 0 Å². The third-order valence-corrected chi connectivity index (χ3v) is 7.82. The molecule has 162 valence electrons. The Morgan fingerprint density at radius 1 is 1.06 bits per heavy atom. The average Bonchev–Trinajstić information content (AvgIpc) is 3.54. The number of nitrogens with one attached hydrogen (secondary N) is 1. The number of benzene rings is 1. The van der Waals surface area contributed by atoms with Gasteiger partial charge in [-0.25, -0.2) is 0 Å². The Labute approximate surface area is 200 Å². The second kappa shape index (κ2) is 8.61. The molecule has 1 aliphatic rings. The van der Waals surface area contributed by atoms with Crippen molar-refractivity contribution in [2.75, 3.05) is 0 Å². The van der Waals surface area contributed by atoms with Crippen molar-refractivity contribution in [3.63, 3.8) is 0 Å². The molecular formula is C24H22N4OS3. The lowest BCUT2D eigenvalue weighted by Crippen LogP contribution is -2.45. The second-order valence-electron chi connectivity index (χ2n) is 7.79. The summed E-state index contributed by atoms with van der Waals surface area (Å²) >= 11 is 9.12. The van der Waals surface area contributed by atoms with Crippen molar-refractivity contribution < 1.29 is 4.52 Å². The van der Waals surface area contributed by atoms with Crippen LogP contribution in [0.1, 0.15) is 40.4 Å². The highest BCUT2D eigenvalue weighted by atomic mass is 32.1. The van der Waals surface area contributed by atoms with Gasteiger partial charge in [-0.15, -0.1) is 22.7 Å². The molecule has 0 bridgehead atoms. The third-order valence-electron chi connectivity index (χ3n) is 5.75. The Morgan fingerprint density at radius 2 is 1.88 bits per heavy atom. The van der Waals surface area contributed by atoms with Gasteiger partial charge in [-0.2, -0.15) is 4.98 Å². The van der Waals surface area contributed by atoms with Crippen molar-refractivity contribution in [3.05, 3.63) is 86.4 Å². The fourth-order valence-corrected chi connectivity index (χ4v) is 5.50. The molecule has 1 aliphatic heterocycles. The van der Waals surface area contributed by atoms with Gasteiger partial charge in [-0.1, -0.05) is 35.5 Å². The van der Waals surface area contributed by atoms with E-state index in [0.29, 0.717) is 23.4 Å². The zero-order valence-electron chi connectivity index (χ0n) is 18.0. The predicted octanol–water partition coefficient (Wildman–Crippen LogP) is 6.34. The normalized spacial score (nSPS) is 16.5. The van der Waals surface area contributed by atoms with E-state index in [2.05, 4.69) is 71.9 Å². The van der Waals surface area contributed by atoms with E-state index in [1.807, 2.05) is 17.5 Å². The zero-order valence-corrected chi connectivity index (χ0v) is 20.4. The summed E-state index contributed by atoms with van der Waals surface area (Å²) in [5.41, 5.74) is 5.58. The van der Waals surface area contributed by atoms with Crippen LogP contribution in [0.25, 0.3) is 16.3 Å². The summed E-state index contributed by atoms with van der Waals surface area (Å²) in [5.74, 6) is 1.12. The van der Waals surface area contributed by atoms with Crippen LogP contribution >= 0.6 is 34.9 Å². The average molecular weight is 479 g/mol. The van der Waals surface area contributed by atoms with E-state index in [4.69, 9.17) is 21.7 Å². The molecule has 0 amide bonds. The van der Waals surface area contributed by atoms with Gasteiger partial charge >= 0.3 is 0 Å². The van der Waals surface area contributed by atoms with Gasteiger partial charge in [0, 0.05) is 10.6 Å². The van der Waals surface area contributed by atoms with Crippen LogP contribution < -0.4 is 5.32 Å². The Hall–Kier alpha value is -2.81. The number of aryl methyl sites for hydroxylation is 2. The Bertz CT molecular complexity index is 1290. The lowest BCUT2D eigenvalue weighted by molar-refractivity contribution is 0.396. The number of thiophene rings is 2. The minimum atomic E-state index is -0.168. The van der Waals surface area contributed by atoms with E-state index < -0.39 is 0 Å². The van der Waals surface area contributed by atoms with Crippen LogP contribution in [0.15, 0.2) is 63.4 Å². The summed E-state index contributed by atoms with van der Waals surface area (Å²) in [6.45, 7) is 7.03. The lowest BCUT2D eigenvalue weighted by Gasteiger charge is -2.37. The lowest BCUT2D eigenvalue weighted by atomic mass is 9.92. The Kier molecular flexibility index (Phi) is 5.67. The van der Waals surface area contributed by atoms with Crippen molar-refractivity contribution in [1.82, 2.24) is 20.4 Å². The van der Waals surface area contributed by atoms with Gasteiger partial charge in [0.1, 0.15) is 0 Å². The van der Waals surface area contributed by atoms with E-state index in [0.717, 1.165) is 21.7 Å². The highest BCUT2D eigenvalue weighted by molar-refractivity contribution is 7.80. The van der Waals surface area contributed by atoms with Crippen LogP contribution in [0.3, 0.4) is 0 Å². The van der Waals surface area contributed by atoms with Crippen LogP contribution in [0.4, 0.5) is 0 Å². The SMILES string of the molecule is CC1=C(c2nc(-c3cccs3)no2)C(c2ccc(C)c(C)c2)NC(=S)N1Cc1cccs1. The monoisotopic (exact) mass is 478 g/mol. The summed E-state index contributed by atoms with van der Waals surface area (Å²) in [6, 6.07) is 14.5. The van der Waals surface area contributed by atoms with Crippen molar-refractivity contribution in [2.45, 2.75) is 33.4 Å². The molecule has 32 heavy (non-hydrogen) atoms. The predicted molar refractivity (Wildman–Crippen MR) is 134 cm³/mol. The molecule has 1 aromatic carbocycles. The fraction of sp³-hybridized carbons (Fsp3) is 0.208. The largest absolute Gasteiger partial charge is 0.351 e. The number of hydrogen-bond donors (Lipinski definition) is 1.